The van der Waals surface area contributed by atoms with Gasteiger partial charge in [-0.15, -0.1) is 0 Å². The Balaban J connectivity index is 2.04. The van der Waals surface area contributed by atoms with Gasteiger partial charge in [-0.25, -0.2) is 0 Å². The monoisotopic (exact) mass is 235 g/mol. The zero-order valence-electron chi connectivity index (χ0n) is 10.5. The molecule has 0 spiro atoms. The summed E-state index contributed by atoms with van der Waals surface area (Å²) in [5.74, 6) is 0. The topological polar surface area (TPSA) is 12.9 Å². The molecule has 0 saturated carbocycles. The van der Waals surface area contributed by atoms with Crippen molar-refractivity contribution in [1.29, 1.82) is 0 Å². The van der Waals surface area contributed by atoms with E-state index in [1.807, 2.05) is 12.3 Å². The van der Waals surface area contributed by atoms with Crippen LogP contribution >= 0.6 is 0 Å². The molecule has 0 unspecified atom stereocenters. The molecule has 90 valence electrons. The maximum Gasteiger partial charge on any atom is 0.0693 e. The highest BCUT2D eigenvalue weighted by atomic mass is 14.7. The van der Waals surface area contributed by atoms with Crippen molar-refractivity contribution < 1.29 is 0 Å². The molecule has 1 aromatic heterocycles. The van der Waals surface area contributed by atoms with Gasteiger partial charge in [0.15, 0.2) is 0 Å². The van der Waals surface area contributed by atoms with Gasteiger partial charge < -0.3 is 0 Å². The van der Waals surface area contributed by atoms with Crippen LogP contribution < -0.4 is 0 Å². The van der Waals surface area contributed by atoms with Crippen molar-refractivity contribution in [2.24, 2.45) is 0 Å². The van der Waals surface area contributed by atoms with Gasteiger partial charge >= 0.3 is 0 Å². The lowest BCUT2D eigenvalue weighted by Gasteiger charge is -2.07. The molecule has 18 heavy (non-hydrogen) atoms. The van der Waals surface area contributed by atoms with Crippen molar-refractivity contribution in [3.8, 4) is 0 Å². The van der Waals surface area contributed by atoms with Gasteiger partial charge in [-0.2, -0.15) is 0 Å². The molecule has 0 radical (unpaired) electrons. The van der Waals surface area contributed by atoms with Gasteiger partial charge in [-0.05, 0) is 54.5 Å². The van der Waals surface area contributed by atoms with Gasteiger partial charge in [0.1, 0.15) is 0 Å². The van der Waals surface area contributed by atoms with Crippen LogP contribution in [0.3, 0.4) is 0 Å². The fourth-order valence-electron chi connectivity index (χ4n) is 2.57. The van der Waals surface area contributed by atoms with Crippen LogP contribution in [0.1, 0.15) is 36.1 Å². The van der Waals surface area contributed by atoms with Crippen molar-refractivity contribution in [2.75, 3.05) is 0 Å². The number of hydrogen-bond acceptors (Lipinski definition) is 1. The molecule has 0 bridgehead atoms. The minimum Gasteiger partial charge on any atom is -0.256 e. The molecule has 2 aromatic rings. The summed E-state index contributed by atoms with van der Waals surface area (Å²) in [6, 6.07) is 14.8. The van der Waals surface area contributed by atoms with E-state index < -0.39 is 0 Å². The third-order valence-corrected chi connectivity index (χ3v) is 3.48. The Kier molecular flexibility index (Phi) is 3.22. The van der Waals surface area contributed by atoms with Crippen LogP contribution in [0.25, 0.3) is 11.6 Å². The molecule has 0 amide bonds. The van der Waals surface area contributed by atoms with Crippen LogP contribution in [0.4, 0.5) is 0 Å². The summed E-state index contributed by atoms with van der Waals surface area (Å²) in [4.78, 5) is 4.59. The molecule has 1 heterocycles. The number of fused-ring (bicyclic) bond motifs is 1. The van der Waals surface area contributed by atoms with Crippen molar-refractivity contribution in [2.45, 2.75) is 25.7 Å². The van der Waals surface area contributed by atoms with E-state index in [1.165, 1.54) is 35.2 Å². The number of pyridine rings is 1. The van der Waals surface area contributed by atoms with Crippen molar-refractivity contribution in [3.63, 3.8) is 0 Å². The minimum absolute atomic E-state index is 1.14. The van der Waals surface area contributed by atoms with Crippen molar-refractivity contribution in [1.82, 2.24) is 4.98 Å². The van der Waals surface area contributed by atoms with Crippen LogP contribution in [0.15, 0.2) is 48.7 Å². The molecule has 0 aliphatic heterocycles. The number of hydrogen-bond donors (Lipinski definition) is 0. The molecule has 1 aliphatic carbocycles. The van der Waals surface area contributed by atoms with Crippen LogP contribution in [-0.2, 0) is 6.42 Å². The van der Waals surface area contributed by atoms with Gasteiger partial charge in [0, 0.05) is 6.20 Å². The molecule has 0 fully saturated rings. The van der Waals surface area contributed by atoms with Crippen LogP contribution in [0, 0.1) is 0 Å². The van der Waals surface area contributed by atoms with Gasteiger partial charge in [0.05, 0.1) is 5.69 Å². The van der Waals surface area contributed by atoms with E-state index >= 15 is 0 Å². The van der Waals surface area contributed by atoms with E-state index in [2.05, 4.69) is 47.5 Å². The second-order valence-corrected chi connectivity index (χ2v) is 4.80. The molecule has 1 aliphatic rings. The summed E-state index contributed by atoms with van der Waals surface area (Å²) < 4.78 is 0. The summed E-state index contributed by atoms with van der Waals surface area (Å²) in [5.41, 5.74) is 5.26. The van der Waals surface area contributed by atoms with Crippen molar-refractivity contribution in [3.05, 3.63) is 65.5 Å². The second-order valence-electron chi connectivity index (χ2n) is 4.80. The molecular weight excluding hydrogens is 218 g/mol. The zero-order valence-corrected chi connectivity index (χ0v) is 10.5. The first-order chi connectivity index (χ1) is 8.93. The fourth-order valence-corrected chi connectivity index (χ4v) is 2.57. The number of benzene rings is 1. The van der Waals surface area contributed by atoms with E-state index in [4.69, 9.17) is 0 Å². The molecule has 0 atom stereocenters. The summed E-state index contributed by atoms with van der Waals surface area (Å²) in [7, 11) is 0. The number of nitrogens with zero attached hydrogens (tertiary/aromatic N) is 1. The molecule has 1 nitrogen and oxygen atoms in total. The average molecular weight is 235 g/mol. The Hall–Kier alpha value is -1.89. The predicted molar refractivity (Wildman–Crippen MR) is 76.1 cm³/mol. The Bertz CT molecular complexity index is 555. The lowest BCUT2D eigenvalue weighted by atomic mass is 10.0. The smallest absolute Gasteiger partial charge is 0.0693 e. The fraction of sp³-hybridized carbons (Fsp3) is 0.235. The lowest BCUT2D eigenvalue weighted by molar-refractivity contribution is 0.771. The highest BCUT2D eigenvalue weighted by molar-refractivity contribution is 5.81. The average Bonchev–Trinajstić information content (AvgIpc) is 2.63. The quantitative estimate of drug-likeness (QED) is 0.670. The number of rotatable bonds is 1. The number of aromatic nitrogens is 1. The number of aryl methyl sites for hydroxylation is 1. The van der Waals surface area contributed by atoms with Gasteiger partial charge in [-0.3, -0.25) is 4.98 Å². The predicted octanol–water partition coefficient (Wildman–Crippen LogP) is 4.35. The maximum atomic E-state index is 4.59. The Morgan fingerprint density at radius 1 is 0.889 bits per heavy atom. The lowest BCUT2D eigenvalue weighted by Crippen LogP contribution is -1.93. The largest absolute Gasteiger partial charge is 0.256 e. The molecule has 1 heteroatoms. The van der Waals surface area contributed by atoms with E-state index in [0.717, 1.165) is 12.8 Å². The maximum absolute atomic E-state index is 4.59. The second kappa shape index (κ2) is 5.18. The summed E-state index contributed by atoms with van der Waals surface area (Å²) in [5, 5.41) is 0. The highest BCUT2D eigenvalue weighted by Gasteiger charge is 2.12. The van der Waals surface area contributed by atoms with Gasteiger partial charge in [-0.1, -0.05) is 36.4 Å². The summed E-state index contributed by atoms with van der Waals surface area (Å²) >= 11 is 0. The summed E-state index contributed by atoms with van der Waals surface area (Å²) in [6.45, 7) is 0. The third-order valence-electron chi connectivity index (χ3n) is 3.48. The van der Waals surface area contributed by atoms with Crippen LogP contribution in [-0.4, -0.2) is 4.98 Å². The molecule has 1 aromatic carbocycles. The molecule has 0 N–H and O–H groups in total. The van der Waals surface area contributed by atoms with E-state index in [1.54, 1.807) is 0 Å². The van der Waals surface area contributed by atoms with E-state index in [9.17, 15) is 0 Å². The molecule has 3 rings (SSSR count). The van der Waals surface area contributed by atoms with Gasteiger partial charge in [0.2, 0.25) is 0 Å². The van der Waals surface area contributed by atoms with Crippen molar-refractivity contribution >= 4 is 11.6 Å². The van der Waals surface area contributed by atoms with E-state index in [0.29, 0.717) is 0 Å². The highest BCUT2D eigenvalue weighted by Crippen LogP contribution is 2.29. The zero-order chi connectivity index (χ0) is 12.2. The standard InChI is InChI=1S/C17H17N/c1-2-7-14(8-3-1)13-16-10-5-4-9-15-11-6-12-18-17(15)16/h1-3,6-8,11-13H,4-5,9-10H2. The number of allylic oxidation sites excluding steroid dienone is 1. The molecular formula is C17H17N. The van der Waals surface area contributed by atoms with Crippen LogP contribution in [0.5, 0.6) is 0 Å². The first kappa shape index (κ1) is 11.2. The Morgan fingerprint density at radius 3 is 2.61 bits per heavy atom. The Labute approximate surface area is 108 Å². The Morgan fingerprint density at radius 2 is 1.72 bits per heavy atom. The summed E-state index contributed by atoms with van der Waals surface area (Å²) in [6.07, 6.45) is 9.02. The van der Waals surface area contributed by atoms with Crippen LogP contribution in [0.2, 0.25) is 0 Å². The van der Waals surface area contributed by atoms with Gasteiger partial charge in [0.25, 0.3) is 0 Å². The normalized spacial score (nSPS) is 17.2. The first-order valence-corrected chi connectivity index (χ1v) is 6.63. The van der Waals surface area contributed by atoms with E-state index in [-0.39, 0.29) is 0 Å². The minimum atomic E-state index is 1.14. The SMILES string of the molecule is C(=C1CCCCc2cccnc21)c1ccccc1. The third kappa shape index (κ3) is 2.35. The molecule has 0 saturated heterocycles. The first-order valence-electron chi connectivity index (χ1n) is 6.63.